The van der Waals surface area contributed by atoms with Gasteiger partial charge in [-0.15, -0.1) is 11.6 Å². The molecule has 0 amide bonds. The molecule has 62 valence electrons. The van der Waals surface area contributed by atoms with Crippen molar-refractivity contribution in [3.8, 4) is 0 Å². The molecule has 0 heterocycles. The van der Waals surface area contributed by atoms with E-state index in [1.54, 1.807) is 7.11 Å². The summed E-state index contributed by atoms with van der Waals surface area (Å²) < 4.78 is 4.91. The second-order valence-electron chi connectivity index (χ2n) is 2.44. The topological polar surface area (TPSA) is 9.23 Å². The molecule has 0 aromatic carbocycles. The number of allylic oxidation sites excluding steroid dienone is 2. The molecule has 0 fully saturated rings. The van der Waals surface area contributed by atoms with Crippen LogP contribution in [0.25, 0.3) is 0 Å². The molecule has 0 radical (unpaired) electrons. The maximum absolute atomic E-state index is 5.64. The van der Waals surface area contributed by atoms with Crippen LogP contribution < -0.4 is 0 Å². The molecule has 0 spiro atoms. The first-order valence-electron chi connectivity index (χ1n) is 3.38. The van der Waals surface area contributed by atoms with Gasteiger partial charge in [0.2, 0.25) is 0 Å². The van der Waals surface area contributed by atoms with E-state index >= 15 is 0 Å². The SMILES string of the molecule is COC1(Br)C=CC(CCl)=CC1. The highest BCUT2D eigenvalue weighted by Gasteiger charge is 2.23. The summed E-state index contributed by atoms with van der Waals surface area (Å²) in [7, 11) is 1.68. The standard InChI is InChI=1S/C8H10BrClO/c1-11-8(9)4-2-7(6-10)3-5-8/h2-4H,5-6H2,1H3. The lowest BCUT2D eigenvalue weighted by atomic mass is 10.1. The highest BCUT2D eigenvalue weighted by molar-refractivity contribution is 9.10. The first-order chi connectivity index (χ1) is 5.20. The maximum Gasteiger partial charge on any atom is 0.144 e. The van der Waals surface area contributed by atoms with E-state index < -0.39 is 0 Å². The number of ether oxygens (including phenoxy) is 1. The fourth-order valence-electron chi connectivity index (χ4n) is 0.888. The van der Waals surface area contributed by atoms with Crippen LogP contribution in [-0.2, 0) is 4.74 Å². The van der Waals surface area contributed by atoms with Crippen molar-refractivity contribution in [3.05, 3.63) is 23.8 Å². The van der Waals surface area contributed by atoms with E-state index in [4.69, 9.17) is 16.3 Å². The molecule has 1 unspecified atom stereocenters. The lowest BCUT2D eigenvalue weighted by molar-refractivity contribution is 0.119. The molecule has 0 N–H and O–H groups in total. The van der Waals surface area contributed by atoms with E-state index in [2.05, 4.69) is 22.0 Å². The molecule has 1 aliphatic carbocycles. The van der Waals surface area contributed by atoms with Crippen LogP contribution in [-0.4, -0.2) is 17.5 Å². The summed E-state index contributed by atoms with van der Waals surface area (Å²) in [5.41, 5.74) is 1.15. The molecule has 0 saturated heterocycles. The quantitative estimate of drug-likeness (QED) is 0.671. The van der Waals surface area contributed by atoms with Crippen molar-refractivity contribution in [2.24, 2.45) is 0 Å². The van der Waals surface area contributed by atoms with Gasteiger partial charge in [-0.1, -0.05) is 12.2 Å². The van der Waals surface area contributed by atoms with E-state index in [9.17, 15) is 0 Å². The Bertz CT molecular complexity index is 200. The Morgan fingerprint density at radius 2 is 2.55 bits per heavy atom. The Kier molecular flexibility index (Phi) is 3.16. The predicted octanol–water partition coefficient (Wildman–Crippen LogP) is 2.85. The Hall–Kier alpha value is 0.210. The zero-order valence-corrected chi connectivity index (χ0v) is 8.65. The van der Waals surface area contributed by atoms with Gasteiger partial charge in [0.15, 0.2) is 0 Å². The smallest absolute Gasteiger partial charge is 0.144 e. The van der Waals surface area contributed by atoms with Crippen molar-refractivity contribution >= 4 is 27.5 Å². The normalized spacial score (nSPS) is 30.3. The molecular formula is C8H10BrClO. The van der Waals surface area contributed by atoms with Gasteiger partial charge in [-0.25, -0.2) is 0 Å². The Morgan fingerprint density at radius 1 is 1.82 bits per heavy atom. The molecule has 11 heavy (non-hydrogen) atoms. The van der Waals surface area contributed by atoms with Gasteiger partial charge in [0.25, 0.3) is 0 Å². The van der Waals surface area contributed by atoms with Crippen molar-refractivity contribution in [3.63, 3.8) is 0 Å². The minimum absolute atomic E-state index is 0.303. The zero-order chi connectivity index (χ0) is 8.32. The van der Waals surface area contributed by atoms with Crippen LogP contribution in [0.5, 0.6) is 0 Å². The highest BCUT2D eigenvalue weighted by atomic mass is 79.9. The third kappa shape index (κ3) is 2.32. The molecule has 0 saturated carbocycles. The largest absolute Gasteiger partial charge is 0.363 e. The highest BCUT2D eigenvalue weighted by Crippen LogP contribution is 2.30. The third-order valence-corrected chi connectivity index (χ3v) is 2.90. The van der Waals surface area contributed by atoms with Gasteiger partial charge in [-0.05, 0) is 27.6 Å². The molecule has 1 aliphatic rings. The number of methoxy groups -OCH3 is 1. The van der Waals surface area contributed by atoms with E-state index in [0.717, 1.165) is 12.0 Å². The van der Waals surface area contributed by atoms with Crippen LogP contribution in [0.3, 0.4) is 0 Å². The van der Waals surface area contributed by atoms with Gasteiger partial charge < -0.3 is 4.74 Å². The number of alkyl halides is 2. The van der Waals surface area contributed by atoms with Crippen LogP contribution in [0.2, 0.25) is 0 Å². The van der Waals surface area contributed by atoms with Crippen LogP contribution in [0.1, 0.15) is 6.42 Å². The summed E-state index contributed by atoms with van der Waals surface area (Å²) in [6.45, 7) is 0. The summed E-state index contributed by atoms with van der Waals surface area (Å²) in [4.78, 5) is 0. The van der Waals surface area contributed by atoms with Gasteiger partial charge in [0.05, 0.1) is 0 Å². The van der Waals surface area contributed by atoms with Gasteiger partial charge >= 0.3 is 0 Å². The maximum atomic E-state index is 5.64. The zero-order valence-electron chi connectivity index (χ0n) is 6.31. The molecule has 1 rings (SSSR count). The fraction of sp³-hybridized carbons (Fsp3) is 0.500. The summed E-state index contributed by atoms with van der Waals surface area (Å²) in [5.74, 6) is 0.573. The second kappa shape index (κ2) is 3.74. The number of rotatable bonds is 2. The van der Waals surface area contributed by atoms with E-state index in [1.165, 1.54) is 0 Å². The molecule has 0 aromatic rings. The van der Waals surface area contributed by atoms with Crippen molar-refractivity contribution < 1.29 is 4.74 Å². The average Bonchev–Trinajstić information content (AvgIpc) is 2.06. The van der Waals surface area contributed by atoms with Gasteiger partial charge in [0, 0.05) is 19.4 Å². The average molecular weight is 238 g/mol. The number of halogens is 2. The van der Waals surface area contributed by atoms with E-state index in [1.807, 2.05) is 12.2 Å². The molecule has 3 heteroatoms. The summed E-state index contributed by atoms with van der Waals surface area (Å²) >= 11 is 9.10. The molecule has 0 aliphatic heterocycles. The van der Waals surface area contributed by atoms with E-state index in [-0.39, 0.29) is 4.51 Å². The molecule has 1 atom stereocenters. The molecule has 0 aromatic heterocycles. The second-order valence-corrected chi connectivity index (χ2v) is 4.05. The van der Waals surface area contributed by atoms with Crippen LogP contribution >= 0.6 is 27.5 Å². The molecule has 1 nitrogen and oxygen atoms in total. The van der Waals surface area contributed by atoms with Crippen molar-refractivity contribution in [1.82, 2.24) is 0 Å². The molecular weight excluding hydrogens is 227 g/mol. The summed E-state index contributed by atoms with van der Waals surface area (Å²) in [6, 6.07) is 0. The van der Waals surface area contributed by atoms with Gasteiger partial charge in [-0.3, -0.25) is 0 Å². The van der Waals surface area contributed by atoms with Crippen molar-refractivity contribution in [2.45, 2.75) is 10.9 Å². The predicted molar refractivity (Wildman–Crippen MR) is 51.2 cm³/mol. The van der Waals surface area contributed by atoms with Crippen LogP contribution in [0, 0.1) is 0 Å². The van der Waals surface area contributed by atoms with Crippen LogP contribution in [0.15, 0.2) is 23.8 Å². The van der Waals surface area contributed by atoms with Gasteiger partial charge in [0.1, 0.15) is 4.51 Å². The minimum atomic E-state index is -0.303. The minimum Gasteiger partial charge on any atom is -0.363 e. The third-order valence-electron chi connectivity index (χ3n) is 1.68. The number of hydrogen-bond donors (Lipinski definition) is 0. The monoisotopic (exact) mass is 236 g/mol. The first kappa shape index (κ1) is 9.30. The van der Waals surface area contributed by atoms with Crippen molar-refractivity contribution in [1.29, 1.82) is 0 Å². The lowest BCUT2D eigenvalue weighted by Crippen LogP contribution is -2.21. The number of hydrogen-bond acceptors (Lipinski definition) is 1. The first-order valence-corrected chi connectivity index (χ1v) is 4.71. The lowest BCUT2D eigenvalue weighted by Gasteiger charge is -2.23. The Labute approximate surface area is 80.2 Å². The summed E-state index contributed by atoms with van der Waals surface area (Å²) in [6.07, 6.45) is 6.87. The molecule has 0 bridgehead atoms. The Balaban J connectivity index is 2.63. The van der Waals surface area contributed by atoms with Crippen molar-refractivity contribution in [2.75, 3.05) is 13.0 Å². The summed E-state index contributed by atoms with van der Waals surface area (Å²) in [5, 5.41) is 0. The van der Waals surface area contributed by atoms with Gasteiger partial charge in [-0.2, -0.15) is 0 Å². The van der Waals surface area contributed by atoms with Crippen LogP contribution in [0.4, 0.5) is 0 Å². The van der Waals surface area contributed by atoms with E-state index in [0.29, 0.717) is 5.88 Å². The Morgan fingerprint density at radius 3 is 2.91 bits per heavy atom. The fourth-order valence-corrected chi connectivity index (χ4v) is 1.38.